The van der Waals surface area contributed by atoms with Gasteiger partial charge in [-0.25, -0.2) is 18.6 Å². The van der Waals surface area contributed by atoms with Crippen LogP contribution in [0.5, 0.6) is 0 Å². The molecule has 0 saturated heterocycles. The van der Waals surface area contributed by atoms with E-state index in [9.17, 15) is 13.6 Å². The zero-order valence-electron chi connectivity index (χ0n) is 14.9. The number of carbonyl (C=O) groups excluding carboxylic acids is 1. The first-order valence-electron chi connectivity index (χ1n) is 8.46. The number of fused-ring (bicyclic) bond motifs is 3. The molecule has 1 unspecified atom stereocenters. The molecule has 1 aliphatic rings. The Morgan fingerprint density at radius 2 is 2.07 bits per heavy atom. The van der Waals surface area contributed by atoms with Crippen LogP contribution in [0.3, 0.4) is 0 Å². The molecule has 3 heterocycles. The largest absolute Gasteiger partial charge is 0.459 e. The second-order valence-electron chi connectivity index (χ2n) is 6.60. The van der Waals surface area contributed by atoms with Crippen LogP contribution in [-0.4, -0.2) is 21.6 Å². The number of ether oxygens (including phenoxy) is 1. The number of benzene rings is 1. The Balaban J connectivity index is 1.96. The zero-order chi connectivity index (χ0) is 19.3. The Labute approximate surface area is 158 Å². The van der Waals surface area contributed by atoms with Gasteiger partial charge in [-0.1, -0.05) is 6.07 Å². The Hall–Kier alpha value is -2.74. The zero-order valence-corrected chi connectivity index (χ0v) is 15.7. The maximum absolute atomic E-state index is 13.9. The first kappa shape index (κ1) is 17.7. The summed E-state index contributed by atoms with van der Waals surface area (Å²) in [5.41, 5.74) is 1.73. The summed E-state index contributed by atoms with van der Waals surface area (Å²) in [6.07, 6.45) is -0.283. The second-order valence-corrected chi connectivity index (χ2v) is 7.58. The minimum absolute atomic E-state index is 0.283. The molecule has 8 heteroatoms. The molecular formula is C19H17F2N3O2S. The first-order valence-corrected chi connectivity index (χ1v) is 9.34. The third-order valence-corrected chi connectivity index (χ3v) is 5.27. The van der Waals surface area contributed by atoms with Crippen LogP contribution in [0.4, 0.5) is 14.7 Å². The summed E-state index contributed by atoms with van der Waals surface area (Å²) in [6, 6.07) is 5.40. The van der Waals surface area contributed by atoms with E-state index in [1.54, 1.807) is 25.3 Å². The van der Waals surface area contributed by atoms with Crippen molar-refractivity contribution in [1.29, 1.82) is 0 Å². The second kappa shape index (κ2) is 6.45. The number of hydrogen-bond acceptors (Lipinski definition) is 5. The van der Waals surface area contributed by atoms with Gasteiger partial charge in [-0.15, -0.1) is 11.3 Å². The van der Waals surface area contributed by atoms with E-state index in [0.717, 1.165) is 17.0 Å². The molecule has 0 aliphatic carbocycles. The highest BCUT2D eigenvalue weighted by atomic mass is 32.1. The fraction of sp³-hybridized carbons (Fsp3) is 0.263. The van der Waals surface area contributed by atoms with Crippen molar-refractivity contribution in [2.24, 2.45) is 0 Å². The number of allylic oxidation sites excluding steroid dienone is 1. The number of aromatic nitrogens is 2. The SMILES string of the molecule is CC1=C(C(=O)OC(C)C)C(c2cccs2)n2c(nc3cc(F)c(F)cc32)N1. The van der Waals surface area contributed by atoms with Crippen LogP contribution in [0.15, 0.2) is 40.9 Å². The minimum atomic E-state index is -0.965. The topological polar surface area (TPSA) is 56.2 Å². The highest BCUT2D eigenvalue weighted by Gasteiger charge is 2.36. The lowest BCUT2D eigenvalue weighted by molar-refractivity contribution is -0.143. The lowest BCUT2D eigenvalue weighted by Crippen LogP contribution is -2.29. The molecule has 5 nitrogen and oxygen atoms in total. The van der Waals surface area contributed by atoms with Crippen molar-refractivity contribution in [2.45, 2.75) is 32.9 Å². The molecule has 0 radical (unpaired) electrons. The maximum atomic E-state index is 13.9. The van der Waals surface area contributed by atoms with Crippen LogP contribution in [0.2, 0.25) is 0 Å². The van der Waals surface area contributed by atoms with Gasteiger partial charge in [0, 0.05) is 22.7 Å². The predicted octanol–water partition coefficient (Wildman–Crippen LogP) is 4.62. The van der Waals surface area contributed by atoms with Crippen molar-refractivity contribution in [3.63, 3.8) is 0 Å². The van der Waals surface area contributed by atoms with E-state index in [0.29, 0.717) is 28.3 Å². The number of halogens is 2. The molecule has 1 N–H and O–H groups in total. The van der Waals surface area contributed by atoms with Gasteiger partial charge < -0.3 is 10.1 Å². The fourth-order valence-electron chi connectivity index (χ4n) is 3.27. The van der Waals surface area contributed by atoms with Crippen molar-refractivity contribution in [2.75, 3.05) is 5.32 Å². The third kappa shape index (κ3) is 2.90. The number of nitrogens with zero attached hydrogens (tertiary/aromatic N) is 2. The minimum Gasteiger partial charge on any atom is -0.459 e. The van der Waals surface area contributed by atoms with Crippen molar-refractivity contribution < 1.29 is 18.3 Å². The Morgan fingerprint density at radius 1 is 1.33 bits per heavy atom. The molecule has 1 aliphatic heterocycles. The van der Waals surface area contributed by atoms with Gasteiger partial charge in [0.15, 0.2) is 11.6 Å². The molecule has 0 bridgehead atoms. The van der Waals surface area contributed by atoms with Crippen LogP contribution in [-0.2, 0) is 9.53 Å². The molecule has 1 aromatic carbocycles. The van der Waals surface area contributed by atoms with E-state index >= 15 is 0 Å². The van der Waals surface area contributed by atoms with Crippen molar-refractivity contribution in [1.82, 2.24) is 9.55 Å². The summed E-state index contributed by atoms with van der Waals surface area (Å²) >= 11 is 1.47. The maximum Gasteiger partial charge on any atom is 0.338 e. The van der Waals surface area contributed by atoms with Crippen LogP contribution in [0.1, 0.15) is 31.7 Å². The Kier molecular flexibility index (Phi) is 4.22. The normalized spacial score (nSPS) is 16.6. The molecule has 0 spiro atoms. The van der Waals surface area contributed by atoms with E-state index < -0.39 is 23.6 Å². The van der Waals surface area contributed by atoms with Crippen molar-refractivity contribution in [3.8, 4) is 0 Å². The molecule has 0 amide bonds. The molecule has 140 valence electrons. The average Bonchev–Trinajstić information content (AvgIpc) is 3.21. The first-order chi connectivity index (χ1) is 12.9. The number of carbonyl (C=O) groups is 1. The van der Waals surface area contributed by atoms with Crippen LogP contribution < -0.4 is 5.32 Å². The van der Waals surface area contributed by atoms with Crippen molar-refractivity contribution >= 4 is 34.3 Å². The van der Waals surface area contributed by atoms with Gasteiger partial charge in [-0.2, -0.15) is 0 Å². The van der Waals surface area contributed by atoms with Gasteiger partial charge in [-0.3, -0.25) is 4.57 Å². The summed E-state index contributed by atoms with van der Waals surface area (Å²) in [7, 11) is 0. The fourth-order valence-corrected chi connectivity index (χ4v) is 4.09. The van der Waals surface area contributed by atoms with Gasteiger partial charge >= 0.3 is 5.97 Å². The summed E-state index contributed by atoms with van der Waals surface area (Å²) in [5.74, 6) is -1.96. The molecule has 27 heavy (non-hydrogen) atoms. The van der Waals surface area contributed by atoms with Gasteiger partial charge in [0.1, 0.15) is 6.04 Å². The summed E-state index contributed by atoms with van der Waals surface area (Å²) in [5, 5.41) is 4.97. The molecule has 2 aromatic heterocycles. The third-order valence-electron chi connectivity index (χ3n) is 4.34. The van der Waals surface area contributed by atoms with Crippen molar-refractivity contribution in [3.05, 3.63) is 57.4 Å². The summed E-state index contributed by atoms with van der Waals surface area (Å²) in [6.45, 7) is 5.32. The lowest BCUT2D eigenvalue weighted by Gasteiger charge is -2.29. The van der Waals surface area contributed by atoms with Crippen LogP contribution in [0, 0.1) is 11.6 Å². The average molecular weight is 389 g/mol. The van der Waals surface area contributed by atoms with Gasteiger partial charge in [0.05, 0.1) is 22.7 Å². The van der Waals surface area contributed by atoms with Gasteiger partial charge in [0.25, 0.3) is 0 Å². The summed E-state index contributed by atoms with van der Waals surface area (Å²) < 4.78 is 34.8. The van der Waals surface area contributed by atoms with E-state index in [1.807, 2.05) is 17.5 Å². The van der Waals surface area contributed by atoms with Crippen LogP contribution in [0.25, 0.3) is 11.0 Å². The molecule has 0 saturated carbocycles. The number of nitrogens with one attached hydrogen (secondary N) is 1. The molecule has 1 atom stereocenters. The number of anilines is 1. The van der Waals surface area contributed by atoms with E-state index in [2.05, 4.69) is 10.3 Å². The molecule has 0 fully saturated rings. The highest BCUT2D eigenvalue weighted by Crippen LogP contribution is 2.41. The summed E-state index contributed by atoms with van der Waals surface area (Å²) in [4.78, 5) is 18.1. The number of thiophene rings is 1. The van der Waals surface area contributed by atoms with Crippen LogP contribution >= 0.6 is 11.3 Å². The number of esters is 1. The standard InChI is InChI=1S/C19H17F2N3O2S/c1-9(2)26-18(25)16-10(3)22-19-23-13-7-11(20)12(21)8-14(13)24(19)17(16)15-5-4-6-27-15/h4-9,17H,1-3H3,(H,22,23). The number of hydrogen-bond donors (Lipinski definition) is 1. The van der Waals surface area contributed by atoms with Gasteiger partial charge in [0.2, 0.25) is 5.95 Å². The Morgan fingerprint density at radius 3 is 2.74 bits per heavy atom. The number of rotatable bonds is 3. The molecule has 3 aromatic rings. The Bertz CT molecular complexity index is 1070. The quantitative estimate of drug-likeness (QED) is 0.665. The predicted molar refractivity (Wildman–Crippen MR) is 99.7 cm³/mol. The van der Waals surface area contributed by atoms with E-state index in [-0.39, 0.29) is 6.10 Å². The lowest BCUT2D eigenvalue weighted by atomic mass is 10.0. The van der Waals surface area contributed by atoms with Gasteiger partial charge in [-0.05, 0) is 32.2 Å². The smallest absolute Gasteiger partial charge is 0.338 e. The van der Waals surface area contributed by atoms with E-state index in [1.165, 1.54) is 11.3 Å². The number of imidazole rings is 1. The molecular weight excluding hydrogens is 372 g/mol. The highest BCUT2D eigenvalue weighted by molar-refractivity contribution is 7.10. The monoisotopic (exact) mass is 389 g/mol. The van der Waals surface area contributed by atoms with E-state index in [4.69, 9.17) is 4.74 Å². The molecule has 4 rings (SSSR count).